The molecule has 1 heterocycles. The third-order valence-electron chi connectivity index (χ3n) is 4.42. The largest absolute Gasteiger partial charge is 0.417 e. The van der Waals surface area contributed by atoms with Crippen molar-refractivity contribution in [3.05, 3.63) is 71.6 Å². The SMILES string of the molecule is NC(=O)Cc1ccc(-c2cncc(C(F)(F)F)c2)c(S(N)(=O)=O)c1-c1cc(F)cc(F)c1. The minimum absolute atomic E-state index is 0.0461. The van der Waals surface area contributed by atoms with Crippen LogP contribution >= 0.6 is 0 Å². The first-order valence-electron chi connectivity index (χ1n) is 8.73. The molecule has 3 aromatic rings. The van der Waals surface area contributed by atoms with Gasteiger partial charge in [-0.25, -0.2) is 22.3 Å². The van der Waals surface area contributed by atoms with Crippen molar-refractivity contribution in [1.29, 1.82) is 0 Å². The van der Waals surface area contributed by atoms with E-state index in [4.69, 9.17) is 10.9 Å². The maximum Gasteiger partial charge on any atom is 0.417 e. The smallest absolute Gasteiger partial charge is 0.369 e. The summed E-state index contributed by atoms with van der Waals surface area (Å²) in [6.07, 6.45) is -3.78. The fraction of sp³-hybridized carbons (Fsp3) is 0.100. The summed E-state index contributed by atoms with van der Waals surface area (Å²) in [6.45, 7) is 0. The summed E-state index contributed by atoms with van der Waals surface area (Å²) in [7, 11) is -4.70. The molecule has 0 fully saturated rings. The van der Waals surface area contributed by atoms with Crippen molar-refractivity contribution in [1.82, 2.24) is 4.98 Å². The number of nitrogens with two attached hydrogens (primary N) is 2. The van der Waals surface area contributed by atoms with Crippen LogP contribution in [0.4, 0.5) is 22.0 Å². The van der Waals surface area contributed by atoms with Crippen molar-refractivity contribution in [3.8, 4) is 22.3 Å². The molecule has 0 aliphatic rings. The van der Waals surface area contributed by atoms with Crippen molar-refractivity contribution < 1.29 is 35.2 Å². The molecule has 2 aromatic carbocycles. The quantitative estimate of drug-likeness (QED) is 0.555. The Hall–Kier alpha value is -3.38. The van der Waals surface area contributed by atoms with E-state index in [-0.39, 0.29) is 27.8 Å². The number of hydrogen-bond donors (Lipinski definition) is 2. The molecule has 1 amide bonds. The number of aromatic nitrogens is 1. The first-order valence-corrected chi connectivity index (χ1v) is 10.3. The normalized spacial score (nSPS) is 12.1. The molecule has 0 atom stereocenters. The molecule has 12 heteroatoms. The van der Waals surface area contributed by atoms with Crippen LogP contribution < -0.4 is 10.9 Å². The number of nitrogens with zero attached hydrogens (tertiary/aromatic N) is 1. The predicted octanol–water partition coefficient (Wildman–Crippen LogP) is 3.39. The van der Waals surface area contributed by atoms with Crippen molar-refractivity contribution in [2.24, 2.45) is 10.9 Å². The van der Waals surface area contributed by atoms with Crippen LogP contribution in [-0.4, -0.2) is 19.3 Å². The number of pyridine rings is 1. The molecule has 0 saturated carbocycles. The van der Waals surface area contributed by atoms with Gasteiger partial charge in [0.25, 0.3) is 0 Å². The molecular weight excluding hydrogens is 457 g/mol. The summed E-state index contributed by atoms with van der Waals surface area (Å²) >= 11 is 0. The molecule has 0 radical (unpaired) electrons. The van der Waals surface area contributed by atoms with E-state index in [1.807, 2.05) is 0 Å². The molecule has 0 aliphatic heterocycles. The van der Waals surface area contributed by atoms with Crippen LogP contribution in [0.3, 0.4) is 0 Å². The number of carbonyl (C=O) groups is 1. The molecule has 0 saturated heterocycles. The van der Waals surface area contributed by atoms with Gasteiger partial charge in [-0.05, 0) is 29.3 Å². The molecule has 0 unspecified atom stereocenters. The van der Waals surface area contributed by atoms with Gasteiger partial charge in [-0.15, -0.1) is 0 Å². The van der Waals surface area contributed by atoms with Crippen molar-refractivity contribution in [2.45, 2.75) is 17.5 Å². The Morgan fingerprint density at radius 3 is 2.12 bits per heavy atom. The Labute approximate surface area is 178 Å². The zero-order valence-electron chi connectivity index (χ0n) is 16.0. The number of hydrogen-bond acceptors (Lipinski definition) is 4. The second kappa shape index (κ2) is 8.28. The number of benzene rings is 2. The lowest BCUT2D eigenvalue weighted by molar-refractivity contribution is -0.137. The summed E-state index contributed by atoms with van der Waals surface area (Å²) in [5, 5.41) is 5.36. The van der Waals surface area contributed by atoms with Crippen molar-refractivity contribution >= 4 is 15.9 Å². The predicted molar refractivity (Wildman–Crippen MR) is 104 cm³/mol. The third kappa shape index (κ3) is 4.92. The fourth-order valence-electron chi connectivity index (χ4n) is 3.24. The number of alkyl halides is 3. The number of sulfonamides is 1. The third-order valence-corrected chi connectivity index (χ3v) is 5.41. The zero-order valence-corrected chi connectivity index (χ0v) is 16.8. The number of amides is 1. The van der Waals surface area contributed by atoms with Crippen LogP contribution in [0.25, 0.3) is 22.3 Å². The minimum atomic E-state index is -4.77. The molecule has 1 aromatic heterocycles. The summed E-state index contributed by atoms with van der Waals surface area (Å²) < 4.78 is 92.3. The number of primary amides is 1. The van der Waals surface area contributed by atoms with E-state index in [1.54, 1.807) is 0 Å². The van der Waals surface area contributed by atoms with Gasteiger partial charge in [0.1, 0.15) is 11.6 Å². The Kier molecular flexibility index (Phi) is 6.03. The Morgan fingerprint density at radius 1 is 0.969 bits per heavy atom. The first kappa shape index (κ1) is 23.3. The van der Waals surface area contributed by atoms with Crippen molar-refractivity contribution in [3.63, 3.8) is 0 Å². The van der Waals surface area contributed by atoms with Crippen LogP contribution in [0.1, 0.15) is 11.1 Å². The maximum absolute atomic E-state index is 13.9. The second-order valence-corrected chi connectivity index (χ2v) is 8.28. The van der Waals surface area contributed by atoms with Crippen molar-refractivity contribution in [2.75, 3.05) is 0 Å². The molecular formula is C20H14F5N3O3S. The highest BCUT2D eigenvalue weighted by molar-refractivity contribution is 7.89. The zero-order chi connectivity index (χ0) is 23.8. The molecule has 0 spiro atoms. The molecule has 32 heavy (non-hydrogen) atoms. The lowest BCUT2D eigenvalue weighted by Gasteiger charge is -2.18. The highest BCUT2D eigenvalue weighted by atomic mass is 32.2. The highest BCUT2D eigenvalue weighted by Crippen LogP contribution is 2.40. The Balaban J connectivity index is 2.45. The van der Waals surface area contributed by atoms with Crippen LogP contribution in [-0.2, 0) is 27.4 Å². The monoisotopic (exact) mass is 471 g/mol. The molecule has 4 N–H and O–H groups in total. The summed E-state index contributed by atoms with van der Waals surface area (Å²) in [6, 6.07) is 5.12. The summed E-state index contributed by atoms with van der Waals surface area (Å²) in [5.74, 6) is -3.01. The van der Waals surface area contributed by atoms with E-state index in [1.165, 1.54) is 6.07 Å². The van der Waals surface area contributed by atoms with Gasteiger partial charge >= 0.3 is 6.18 Å². The van der Waals surface area contributed by atoms with Gasteiger partial charge in [0, 0.05) is 35.2 Å². The van der Waals surface area contributed by atoms with E-state index in [0.717, 1.165) is 24.4 Å². The molecule has 0 bridgehead atoms. The number of halogens is 5. The Morgan fingerprint density at radius 2 is 1.59 bits per heavy atom. The second-order valence-electron chi connectivity index (χ2n) is 6.78. The van der Waals surface area contributed by atoms with Gasteiger partial charge in [0.05, 0.1) is 16.9 Å². The van der Waals surface area contributed by atoms with Gasteiger partial charge in [-0.2, -0.15) is 13.2 Å². The number of rotatable bonds is 5. The molecule has 168 valence electrons. The number of carbonyl (C=O) groups excluding carboxylic acids is 1. The topological polar surface area (TPSA) is 116 Å². The van der Waals surface area contributed by atoms with E-state index >= 15 is 0 Å². The first-order chi connectivity index (χ1) is 14.8. The molecule has 3 rings (SSSR count). The minimum Gasteiger partial charge on any atom is -0.369 e. The Bertz CT molecular complexity index is 1300. The van der Waals surface area contributed by atoms with Gasteiger partial charge in [-0.1, -0.05) is 12.1 Å². The van der Waals surface area contributed by atoms with Gasteiger partial charge in [0.15, 0.2) is 0 Å². The standard InChI is InChI=1S/C20H14F5N3O3S/c21-14-4-11(5-15(22)7-14)18-10(6-17(26)29)1-2-16(19(18)32(27,30)31)12-3-13(9-28-8-12)20(23,24)25/h1-5,7-9H,6H2,(H2,26,29)(H2,27,30,31). The molecule has 0 aliphatic carbocycles. The van der Waals surface area contributed by atoms with E-state index in [0.29, 0.717) is 18.3 Å². The van der Waals surface area contributed by atoms with Crippen LogP contribution in [0.5, 0.6) is 0 Å². The lowest BCUT2D eigenvalue weighted by Crippen LogP contribution is -2.19. The van der Waals surface area contributed by atoms with Crippen LogP contribution in [0.2, 0.25) is 0 Å². The number of primary sulfonamides is 1. The van der Waals surface area contributed by atoms with E-state index < -0.39 is 50.6 Å². The summed E-state index contributed by atoms with van der Waals surface area (Å²) in [5.41, 5.74) is 2.76. The van der Waals surface area contributed by atoms with Crippen LogP contribution in [0.15, 0.2) is 53.7 Å². The van der Waals surface area contributed by atoms with E-state index in [2.05, 4.69) is 4.98 Å². The van der Waals surface area contributed by atoms with Gasteiger partial charge < -0.3 is 5.73 Å². The van der Waals surface area contributed by atoms with Gasteiger partial charge in [0.2, 0.25) is 15.9 Å². The average molecular weight is 471 g/mol. The van der Waals surface area contributed by atoms with E-state index in [9.17, 15) is 35.2 Å². The fourth-order valence-corrected chi connectivity index (χ4v) is 4.26. The lowest BCUT2D eigenvalue weighted by atomic mass is 9.92. The van der Waals surface area contributed by atoms with Gasteiger partial charge in [-0.3, -0.25) is 9.78 Å². The average Bonchev–Trinajstić information content (AvgIpc) is 2.65. The highest BCUT2D eigenvalue weighted by Gasteiger charge is 2.32. The molecule has 6 nitrogen and oxygen atoms in total. The maximum atomic E-state index is 13.9. The summed E-state index contributed by atoms with van der Waals surface area (Å²) in [4.78, 5) is 14.3. The van der Waals surface area contributed by atoms with Crippen LogP contribution in [0, 0.1) is 11.6 Å².